The number of hydrogen-bond acceptors (Lipinski definition) is 8. The van der Waals surface area contributed by atoms with Crippen molar-refractivity contribution in [1.29, 1.82) is 0 Å². The van der Waals surface area contributed by atoms with Crippen LogP contribution in [-0.2, 0) is 0 Å². The van der Waals surface area contributed by atoms with Crippen molar-refractivity contribution in [2.24, 2.45) is 0 Å². The van der Waals surface area contributed by atoms with Gasteiger partial charge in [-0.2, -0.15) is 4.98 Å². The summed E-state index contributed by atoms with van der Waals surface area (Å²) in [6.45, 7) is 2.21. The molecule has 0 aliphatic heterocycles. The van der Waals surface area contributed by atoms with Gasteiger partial charge < -0.3 is 21.3 Å². The van der Waals surface area contributed by atoms with E-state index in [2.05, 4.69) is 15.3 Å². The van der Waals surface area contributed by atoms with Gasteiger partial charge in [-0.25, -0.2) is 4.98 Å². The fourth-order valence-electron chi connectivity index (χ4n) is 1.26. The summed E-state index contributed by atoms with van der Waals surface area (Å²) in [4.78, 5) is 17.7. The van der Waals surface area contributed by atoms with Crippen LogP contribution in [0.25, 0.3) is 0 Å². The highest BCUT2D eigenvalue weighted by Crippen LogP contribution is 2.26. The minimum absolute atomic E-state index is 0.0845. The second-order valence-electron chi connectivity index (χ2n) is 4.13. The minimum Gasteiger partial charge on any atom is -0.393 e. The highest BCUT2D eigenvalue weighted by Gasteiger charge is 2.25. The van der Waals surface area contributed by atoms with Crippen molar-refractivity contribution in [1.82, 2.24) is 9.97 Å². The molecule has 18 heavy (non-hydrogen) atoms. The molecule has 0 fully saturated rings. The molecule has 1 aromatic heterocycles. The molecule has 9 heteroatoms. The van der Waals surface area contributed by atoms with Crippen LogP contribution >= 0.6 is 0 Å². The summed E-state index contributed by atoms with van der Waals surface area (Å²) in [6, 6.07) is 0. The molecule has 1 aromatic rings. The van der Waals surface area contributed by atoms with Crippen molar-refractivity contribution in [3.63, 3.8) is 0 Å². The SMILES string of the molecule is Cc1nc(N)nc(NCC(C)(O)CO)c1[N+](=O)[O-]. The van der Waals surface area contributed by atoms with Crippen LogP contribution in [0.15, 0.2) is 0 Å². The second-order valence-corrected chi connectivity index (χ2v) is 4.13. The van der Waals surface area contributed by atoms with Crippen LogP contribution in [0.2, 0.25) is 0 Å². The molecule has 9 nitrogen and oxygen atoms in total. The number of nitrogens with zero attached hydrogens (tertiary/aromatic N) is 3. The summed E-state index contributed by atoms with van der Waals surface area (Å²) >= 11 is 0. The van der Waals surface area contributed by atoms with Crippen molar-refractivity contribution in [2.45, 2.75) is 19.4 Å². The quantitative estimate of drug-likeness (QED) is 0.405. The fraction of sp³-hybridized carbons (Fsp3) is 0.556. The van der Waals surface area contributed by atoms with Gasteiger partial charge in [0.15, 0.2) is 0 Å². The Morgan fingerprint density at radius 2 is 2.17 bits per heavy atom. The molecule has 1 rings (SSSR count). The molecule has 0 saturated heterocycles. The molecular weight excluding hydrogens is 242 g/mol. The summed E-state index contributed by atoms with van der Waals surface area (Å²) in [5.74, 6) is -0.192. The van der Waals surface area contributed by atoms with Gasteiger partial charge in [0, 0.05) is 6.54 Å². The third-order valence-corrected chi connectivity index (χ3v) is 2.24. The first-order valence-electron chi connectivity index (χ1n) is 5.12. The van der Waals surface area contributed by atoms with Crippen LogP contribution in [0.3, 0.4) is 0 Å². The zero-order chi connectivity index (χ0) is 13.9. The molecule has 5 N–H and O–H groups in total. The van der Waals surface area contributed by atoms with Crippen LogP contribution in [0.4, 0.5) is 17.5 Å². The number of aromatic nitrogens is 2. The molecule has 0 aliphatic rings. The lowest BCUT2D eigenvalue weighted by Crippen LogP contribution is -2.37. The summed E-state index contributed by atoms with van der Waals surface area (Å²) < 4.78 is 0. The minimum atomic E-state index is -1.42. The number of aliphatic hydroxyl groups excluding tert-OH is 1. The summed E-state index contributed by atoms with van der Waals surface area (Å²) in [5.41, 5.74) is 3.80. The number of nitrogens with one attached hydrogen (secondary N) is 1. The number of aryl methyl sites for hydroxylation is 1. The Morgan fingerprint density at radius 1 is 1.56 bits per heavy atom. The van der Waals surface area contributed by atoms with Crippen LogP contribution < -0.4 is 11.1 Å². The van der Waals surface area contributed by atoms with Gasteiger partial charge in [0.25, 0.3) is 0 Å². The predicted molar refractivity (Wildman–Crippen MR) is 64.0 cm³/mol. The fourth-order valence-corrected chi connectivity index (χ4v) is 1.26. The topological polar surface area (TPSA) is 147 Å². The largest absolute Gasteiger partial charge is 0.393 e. The third-order valence-electron chi connectivity index (χ3n) is 2.24. The first kappa shape index (κ1) is 14.1. The zero-order valence-corrected chi connectivity index (χ0v) is 10.0. The Hall–Kier alpha value is -2.00. The van der Waals surface area contributed by atoms with Crippen LogP contribution in [0, 0.1) is 17.0 Å². The number of hydrogen-bond donors (Lipinski definition) is 4. The van der Waals surface area contributed by atoms with Gasteiger partial charge in [-0.3, -0.25) is 10.1 Å². The molecule has 0 aromatic carbocycles. The maximum absolute atomic E-state index is 10.9. The van der Waals surface area contributed by atoms with E-state index in [-0.39, 0.29) is 29.7 Å². The van der Waals surface area contributed by atoms with Gasteiger partial charge in [0.2, 0.25) is 11.8 Å². The molecule has 0 bridgehead atoms. The normalized spacial score (nSPS) is 14.0. The Kier molecular flexibility index (Phi) is 3.99. The zero-order valence-electron chi connectivity index (χ0n) is 10.0. The molecule has 1 atom stereocenters. The maximum atomic E-state index is 10.9. The van der Waals surface area contributed by atoms with Crippen LogP contribution in [0.1, 0.15) is 12.6 Å². The molecular formula is C9H15N5O4. The summed E-state index contributed by atoms with van der Waals surface area (Å²) in [5, 5.41) is 31.9. The van der Waals surface area contributed by atoms with E-state index in [0.717, 1.165) is 0 Å². The van der Waals surface area contributed by atoms with E-state index in [9.17, 15) is 15.2 Å². The molecule has 0 amide bonds. The number of anilines is 2. The van der Waals surface area contributed by atoms with Gasteiger partial charge in [0.1, 0.15) is 11.3 Å². The number of aliphatic hydroxyl groups is 2. The van der Waals surface area contributed by atoms with E-state index in [0.29, 0.717) is 0 Å². The lowest BCUT2D eigenvalue weighted by molar-refractivity contribution is -0.385. The van der Waals surface area contributed by atoms with Crippen molar-refractivity contribution < 1.29 is 15.1 Å². The summed E-state index contributed by atoms with van der Waals surface area (Å²) in [7, 11) is 0. The Labute approximate surface area is 103 Å². The van der Waals surface area contributed by atoms with Gasteiger partial charge >= 0.3 is 5.69 Å². The first-order chi connectivity index (χ1) is 8.26. The highest BCUT2D eigenvalue weighted by molar-refractivity contribution is 5.60. The van der Waals surface area contributed by atoms with Crippen LogP contribution in [0.5, 0.6) is 0 Å². The van der Waals surface area contributed by atoms with Crippen molar-refractivity contribution >= 4 is 17.5 Å². The lowest BCUT2D eigenvalue weighted by Gasteiger charge is -2.20. The standard InChI is InChI=1S/C9H15N5O4/c1-5-6(14(17)18)7(13-8(10)12-5)11-3-9(2,16)4-15/h15-16H,3-4H2,1-2H3,(H3,10,11,12,13). The first-order valence-corrected chi connectivity index (χ1v) is 5.12. The average molecular weight is 257 g/mol. The van der Waals surface area contributed by atoms with Gasteiger partial charge in [-0.15, -0.1) is 0 Å². The monoisotopic (exact) mass is 257 g/mol. The molecule has 1 unspecified atom stereocenters. The van der Waals surface area contributed by atoms with E-state index in [1.807, 2.05) is 0 Å². The molecule has 1 heterocycles. The molecule has 0 radical (unpaired) electrons. The highest BCUT2D eigenvalue weighted by atomic mass is 16.6. The van der Waals surface area contributed by atoms with Crippen molar-refractivity contribution in [3.8, 4) is 0 Å². The third kappa shape index (κ3) is 3.25. The number of nitrogen functional groups attached to an aromatic ring is 1. The molecule has 0 saturated carbocycles. The lowest BCUT2D eigenvalue weighted by atomic mass is 10.1. The Bertz CT molecular complexity index is 463. The van der Waals surface area contributed by atoms with E-state index in [1.54, 1.807) is 0 Å². The smallest absolute Gasteiger partial charge is 0.332 e. The summed E-state index contributed by atoms with van der Waals surface area (Å²) in [6.07, 6.45) is 0. The van der Waals surface area contributed by atoms with E-state index >= 15 is 0 Å². The van der Waals surface area contributed by atoms with E-state index < -0.39 is 17.1 Å². The Balaban J connectivity index is 3.04. The van der Waals surface area contributed by atoms with Gasteiger partial charge in [-0.05, 0) is 13.8 Å². The number of nitro groups is 1. The second kappa shape index (κ2) is 5.10. The van der Waals surface area contributed by atoms with Crippen molar-refractivity contribution in [3.05, 3.63) is 15.8 Å². The predicted octanol–water partition coefficient (Wildman–Crippen LogP) is -0.569. The van der Waals surface area contributed by atoms with Gasteiger partial charge in [-0.1, -0.05) is 0 Å². The molecule has 0 aliphatic carbocycles. The van der Waals surface area contributed by atoms with Crippen LogP contribution in [-0.4, -0.2) is 43.9 Å². The van der Waals surface area contributed by atoms with E-state index in [4.69, 9.17) is 10.8 Å². The average Bonchev–Trinajstić information content (AvgIpc) is 2.25. The number of nitrogens with two attached hydrogens (primary N) is 1. The Morgan fingerprint density at radius 3 is 2.67 bits per heavy atom. The molecule has 0 spiro atoms. The number of rotatable bonds is 5. The van der Waals surface area contributed by atoms with E-state index in [1.165, 1.54) is 13.8 Å². The van der Waals surface area contributed by atoms with Gasteiger partial charge in [0.05, 0.1) is 11.5 Å². The maximum Gasteiger partial charge on any atom is 0.332 e. The molecule has 100 valence electrons. The van der Waals surface area contributed by atoms with Crippen molar-refractivity contribution in [2.75, 3.05) is 24.2 Å².